The van der Waals surface area contributed by atoms with Crippen molar-refractivity contribution in [2.75, 3.05) is 13.2 Å². The van der Waals surface area contributed by atoms with E-state index >= 15 is 0 Å². The lowest BCUT2D eigenvalue weighted by Gasteiger charge is -2.39. The smallest absolute Gasteiger partial charge is 0.400 e. The molecular weight excluding hydrogens is 465 g/mol. The topological polar surface area (TPSA) is 146 Å². The SMILES string of the molecule is CCC(O)(CC)C1C2OC3C(OC(=O)C31)C2OCC(=O)OCCC(F)C(F)(F)S(=O)(=O)O. The minimum absolute atomic E-state index is 0.350. The van der Waals surface area contributed by atoms with Gasteiger partial charge in [0.2, 0.25) is 0 Å². The molecule has 0 aromatic heterocycles. The first kappa shape index (κ1) is 25.1. The standard InChI is InChI=1S/C18H25F3O10S/c1-3-17(24,4-2)11-10-12-15(31-16(10)23)14(13(11)30-12)29-7-9(22)28-6-5-8(19)18(20,21)32(25,26)27/h8,10-15,24H,3-7H2,1-2H3,(H,25,26,27). The highest BCUT2D eigenvalue weighted by molar-refractivity contribution is 7.86. The zero-order valence-electron chi connectivity index (χ0n) is 17.3. The van der Waals surface area contributed by atoms with Gasteiger partial charge in [-0.05, 0) is 12.8 Å². The molecule has 7 atom stereocenters. The van der Waals surface area contributed by atoms with Crippen LogP contribution < -0.4 is 0 Å². The molecule has 0 spiro atoms. The van der Waals surface area contributed by atoms with Crippen molar-refractivity contribution in [1.29, 1.82) is 0 Å². The Labute approximate surface area is 182 Å². The summed E-state index contributed by atoms with van der Waals surface area (Å²) >= 11 is 0. The summed E-state index contributed by atoms with van der Waals surface area (Å²) in [6.07, 6.45) is -6.77. The highest BCUT2D eigenvalue weighted by Gasteiger charge is 2.72. The summed E-state index contributed by atoms with van der Waals surface area (Å²) in [6, 6.07) is 0. The zero-order chi connectivity index (χ0) is 24.1. The van der Waals surface area contributed by atoms with Crippen molar-refractivity contribution in [3.05, 3.63) is 0 Å². The number of hydrogen-bond donors (Lipinski definition) is 2. The van der Waals surface area contributed by atoms with E-state index in [0.717, 1.165) is 0 Å². The summed E-state index contributed by atoms with van der Waals surface area (Å²) in [5, 5.41) is 5.94. The number of aliphatic hydroxyl groups is 1. The largest absolute Gasteiger partial charge is 0.464 e. The number of rotatable bonds is 11. The third kappa shape index (κ3) is 4.11. The molecule has 2 N–H and O–H groups in total. The molecule has 0 aromatic carbocycles. The monoisotopic (exact) mass is 490 g/mol. The van der Waals surface area contributed by atoms with Gasteiger partial charge in [0.15, 0.2) is 12.3 Å². The zero-order valence-corrected chi connectivity index (χ0v) is 18.1. The van der Waals surface area contributed by atoms with Gasteiger partial charge in [0, 0.05) is 12.3 Å². The van der Waals surface area contributed by atoms with Gasteiger partial charge in [-0.25, -0.2) is 9.18 Å². The molecule has 32 heavy (non-hydrogen) atoms. The molecule has 3 rings (SSSR count). The third-order valence-electron chi connectivity index (χ3n) is 6.49. The van der Waals surface area contributed by atoms with Crippen molar-refractivity contribution in [2.24, 2.45) is 11.8 Å². The first-order valence-corrected chi connectivity index (χ1v) is 11.6. The fourth-order valence-electron chi connectivity index (χ4n) is 4.69. The molecule has 0 aliphatic carbocycles. The second-order valence-corrected chi connectivity index (χ2v) is 9.61. The van der Waals surface area contributed by atoms with Crippen LogP contribution in [0, 0.1) is 11.8 Å². The molecule has 0 saturated carbocycles. The minimum atomic E-state index is -5.96. The molecule has 0 radical (unpaired) electrons. The van der Waals surface area contributed by atoms with E-state index in [9.17, 15) is 36.3 Å². The van der Waals surface area contributed by atoms with Crippen LogP contribution in [0.1, 0.15) is 33.1 Å². The average molecular weight is 490 g/mol. The van der Waals surface area contributed by atoms with Crippen LogP contribution in [-0.4, -0.2) is 84.7 Å². The normalized spacial score (nSPS) is 32.8. The number of hydrogen-bond acceptors (Lipinski definition) is 9. The Hall–Kier alpha value is -1.48. The summed E-state index contributed by atoms with van der Waals surface area (Å²) in [4.78, 5) is 24.2. The molecule has 3 saturated heterocycles. The number of esters is 2. The van der Waals surface area contributed by atoms with Gasteiger partial charge in [-0.2, -0.15) is 17.2 Å². The van der Waals surface area contributed by atoms with Gasteiger partial charge < -0.3 is 24.1 Å². The average Bonchev–Trinajstić information content (AvgIpc) is 3.33. The lowest BCUT2D eigenvalue weighted by Crippen LogP contribution is -2.53. The quantitative estimate of drug-likeness (QED) is 0.312. The highest BCUT2D eigenvalue weighted by Crippen LogP contribution is 2.55. The van der Waals surface area contributed by atoms with Crippen molar-refractivity contribution < 1.29 is 59.8 Å². The maximum Gasteiger partial charge on any atom is 0.400 e. The molecular formula is C18H25F3O10S. The van der Waals surface area contributed by atoms with E-state index < -0.39 is 95.0 Å². The second kappa shape index (κ2) is 8.70. The summed E-state index contributed by atoms with van der Waals surface area (Å²) in [7, 11) is -5.96. The molecule has 0 amide bonds. The molecule has 3 fully saturated rings. The van der Waals surface area contributed by atoms with Crippen molar-refractivity contribution in [2.45, 2.75) is 74.6 Å². The van der Waals surface area contributed by atoms with E-state index in [1.54, 1.807) is 13.8 Å². The van der Waals surface area contributed by atoms with Crippen LogP contribution in [-0.2, 0) is 38.7 Å². The predicted molar refractivity (Wildman–Crippen MR) is 97.8 cm³/mol. The summed E-state index contributed by atoms with van der Waals surface area (Å²) in [5.41, 5.74) is -1.21. The predicted octanol–water partition coefficient (Wildman–Crippen LogP) is 0.614. The van der Waals surface area contributed by atoms with Gasteiger partial charge in [0.1, 0.15) is 18.8 Å². The van der Waals surface area contributed by atoms with Crippen LogP contribution in [0.4, 0.5) is 13.2 Å². The van der Waals surface area contributed by atoms with Gasteiger partial charge >= 0.3 is 27.3 Å². The van der Waals surface area contributed by atoms with Gasteiger partial charge in [-0.3, -0.25) is 9.35 Å². The van der Waals surface area contributed by atoms with E-state index in [-0.39, 0.29) is 0 Å². The van der Waals surface area contributed by atoms with E-state index in [0.29, 0.717) is 12.8 Å². The first-order chi connectivity index (χ1) is 14.8. The van der Waals surface area contributed by atoms with Crippen LogP contribution in [0.2, 0.25) is 0 Å². The first-order valence-electron chi connectivity index (χ1n) is 10.1. The third-order valence-corrected chi connectivity index (χ3v) is 7.43. The maximum atomic E-state index is 13.4. The maximum absolute atomic E-state index is 13.4. The molecule has 3 heterocycles. The van der Waals surface area contributed by atoms with E-state index in [1.807, 2.05) is 0 Å². The number of carbonyl (C=O) groups is 2. The van der Waals surface area contributed by atoms with Crippen molar-refractivity contribution in [3.8, 4) is 0 Å². The van der Waals surface area contributed by atoms with E-state index in [2.05, 4.69) is 4.74 Å². The Morgan fingerprint density at radius 2 is 1.84 bits per heavy atom. The van der Waals surface area contributed by atoms with Gasteiger partial charge in [-0.15, -0.1) is 0 Å². The van der Waals surface area contributed by atoms with E-state index in [1.165, 1.54) is 0 Å². The fraction of sp³-hybridized carbons (Fsp3) is 0.889. The van der Waals surface area contributed by atoms with Crippen molar-refractivity contribution >= 4 is 22.1 Å². The summed E-state index contributed by atoms with van der Waals surface area (Å²) in [6.45, 7) is 1.94. The number of alkyl halides is 3. The number of carbonyl (C=O) groups excluding carboxylic acids is 2. The van der Waals surface area contributed by atoms with Crippen molar-refractivity contribution in [1.82, 2.24) is 0 Å². The van der Waals surface area contributed by atoms with Crippen LogP contribution in [0.15, 0.2) is 0 Å². The highest BCUT2D eigenvalue weighted by atomic mass is 32.2. The Kier molecular flexibility index (Phi) is 6.84. The molecule has 7 unspecified atom stereocenters. The van der Waals surface area contributed by atoms with Gasteiger partial charge in [0.05, 0.1) is 24.2 Å². The van der Waals surface area contributed by atoms with Crippen LogP contribution >= 0.6 is 0 Å². The lowest BCUT2D eigenvalue weighted by molar-refractivity contribution is -0.158. The fourth-order valence-corrected chi connectivity index (χ4v) is 5.13. The van der Waals surface area contributed by atoms with Gasteiger partial charge in [0.25, 0.3) is 0 Å². The van der Waals surface area contributed by atoms with E-state index in [4.69, 9.17) is 18.8 Å². The summed E-state index contributed by atoms with van der Waals surface area (Å²) < 4.78 is 90.3. The Bertz CT molecular complexity index is 846. The number of ether oxygens (including phenoxy) is 4. The minimum Gasteiger partial charge on any atom is -0.464 e. The number of fused-ring (bicyclic) bond motifs is 1. The van der Waals surface area contributed by atoms with Crippen LogP contribution in [0.3, 0.4) is 0 Å². The summed E-state index contributed by atoms with van der Waals surface area (Å²) in [5.74, 6) is -2.83. The van der Waals surface area contributed by atoms with Crippen molar-refractivity contribution in [3.63, 3.8) is 0 Å². The molecule has 3 aliphatic rings. The Balaban J connectivity index is 1.55. The Morgan fingerprint density at radius 1 is 1.22 bits per heavy atom. The lowest BCUT2D eigenvalue weighted by atomic mass is 9.67. The molecule has 3 aliphatic heterocycles. The molecule has 14 heteroatoms. The van der Waals surface area contributed by atoms with Crippen LogP contribution in [0.25, 0.3) is 0 Å². The van der Waals surface area contributed by atoms with Crippen LogP contribution in [0.5, 0.6) is 0 Å². The molecule has 184 valence electrons. The van der Waals surface area contributed by atoms with Gasteiger partial charge in [-0.1, -0.05) is 13.8 Å². The second-order valence-electron chi connectivity index (χ2n) is 8.12. The molecule has 0 aromatic rings. The molecule has 10 nitrogen and oxygen atoms in total. The number of halogens is 3. The molecule has 2 bridgehead atoms. The Morgan fingerprint density at radius 3 is 2.41 bits per heavy atom.